The van der Waals surface area contributed by atoms with Gasteiger partial charge in [-0.1, -0.05) is 59.7 Å². The van der Waals surface area contributed by atoms with Crippen LogP contribution in [0.2, 0.25) is 0 Å². The van der Waals surface area contributed by atoms with E-state index in [2.05, 4.69) is 215 Å². The summed E-state index contributed by atoms with van der Waals surface area (Å²) < 4.78 is 6.41. The van der Waals surface area contributed by atoms with Gasteiger partial charge < -0.3 is 0 Å². The van der Waals surface area contributed by atoms with Gasteiger partial charge in [-0.3, -0.25) is 9.97 Å². The number of hydrogen-bond acceptors (Lipinski definition) is 6. The van der Waals surface area contributed by atoms with Gasteiger partial charge in [-0.2, -0.15) is 0 Å². The van der Waals surface area contributed by atoms with Crippen LogP contribution < -0.4 is 13.7 Å². The van der Waals surface area contributed by atoms with E-state index < -0.39 is 0 Å². The highest BCUT2D eigenvalue weighted by molar-refractivity contribution is 5.83. The fourth-order valence-corrected chi connectivity index (χ4v) is 9.75. The molecule has 0 aliphatic carbocycles. The van der Waals surface area contributed by atoms with E-state index in [1.165, 1.54) is 94.2 Å². The molecule has 0 radical (unpaired) electrons. The molecule has 71 heavy (non-hydrogen) atoms. The van der Waals surface area contributed by atoms with Crippen molar-refractivity contribution < 1.29 is 13.7 Å². The van der Waals surface area contributed by atoms with Crippen molar-refractivity contribution in [1.29, 1.82) is 0 Å². The normalized spacial score (nSPS) is 11.5. The van der Waals surface area contributed by atoms with Crippen LogP contribution in [0.4, 0.5) is 0 Å². The second-order valence-electron chi connectivity index (χ2n) is 21.2. The van der Waals surface area contributed by atoms with Gasteiger partial charge in [0.15, 0.2) is 0 Å². The van der Waals surface area contributed by atoms with Crippen molar-refractivity contribution in [2.75, 3.05) is 0 Å². The molecule has 6 aromatic heterocycles. The highest BCUT2D eigenvalue weighted by Crippen LogP contribution is 2.30. The van der Waals surface area contributed by atoms with Crippen LogP contribution in [0.25, 0.3) is 67.0 Å². The van der Waals surface area contributed by atoms with E-state index in [1.54, 1.807) is 0 Å². The minimum Gasteiger partial charge on any atom is -0.260 e. The topological polar surface area (TPSA) is 89.0 Å². The first-order valence-corrected chi connectivity index (χ1v) is 25.3. The van der Waals surface area contributed by atoms with E-state index >= 15 is 0 Å². The SMILES string of the molecule is Cc1cc(C)c(C)c(-c2nc3cncc(C(C)C)c3c[n+]2C)c1.Cc1cc(C)c(C)c(-c2nc3cncc(CC(C)C)c3c[n+]2C)c1.Cc1cc(C)c(C)c(-c2nc3nccc(CC(C)C)c3c[n+]2C)c1. The summed E-state index contributed by atoms with van der Waals surface area (Å²) in [5.74, 6) is 4.61. The molecule has 0 aliphatic rings. The molecule has 9 rings (SSSR count). The zero-order valence-electron chi connectivity index (χ0n) is 45.8. The molecule has 366 valence electrons. The number of pyridine rings is 3. The molecule has 0 atom stereocenters. The third kappa shape index (κ3) is 11.5. The van der Waals surface area contributed by atoms with Gasteiger partial charge in [0.1, 0.15) is 18.6 Å². The molecule has 0 aliphatic heterocycles. The van der Waals surface area contributed by atoms with Crippen LogP contribution >= 0.6 is 0 Å². The van der Waals surface area contributed by atoms with Gasteiger partial charge in [0, 0.05) is 18.6 Å². The lowest BCUT2D eigenvalue weighted by Gasteiger charge is -2.10. The molecule has 0 saturated heterocycles. The highest BCUT2D eigenvalue weighted by Gasteiger charge is 2.24. The summed E-state index contributed by atoms with van der Waals surface area (Å²) in [7, 11) is 6.23. The van der Waals surface area contributed by atoms with E-state index in [1.807, 2.05) is 31.0 Å². The quantitative estimate of drug-likeness (QED) is 0.141. The molecular weight excluding hydrogens is 871 g/mol. The first-order chi connectivity index (χ1) is 33.6. The van der Waals surface area contributed by atoms with Crippen LogP contribution in [0, 0.1) is 74.1 Å². The van der Waals surface area contributed by atoms with Crippen LogP contribution in [0.5, 0.6) is 0 Å². The van der Waals surface area contributed by atoms with Crippen molar-refractivity contribution in [1.82, 2.24) is 29.9 Å². The Morgan fingerprint density at radius 3 is 1.32 bits per heavy atom. The zero-order chi connectivity index (χ0) is 51.6. The molecule has 9 heteroatoms. The highest BCUT2D eigenvalue weighted by atomic mass is 15.0. The Balaban J connectivity index is 0.000000157. The lowest BCUT2D eigenvalue weighted by atomic mass is 9.98. The van der Waals surface area contributed by atoms with Crippen LogP contribution in [0.3, 0.4) is 0 Å². The number of fused-ring (bicyclic) bond motifs is 3. The van der Waals surface area contributed by atoms with Crippen molar-refractivity contribution in [3.63, 3.8) is 0 Å². The standard InChI is InChI=1S/2C21H26N3.C20H24N3/c1-13(2)7-17-10-22-11-20-19(17)12-24(6)21(23-20)18-9-14(3)8-15(4)16(18)5;1-13(2)9-17-7-8-22-20-19(17)12-24(6)21(23-20)18-11-14(3)10-15(4)16(18)5;1-12(2)17-9-21-10-19-18(17)11-23(6)20(22-19)16-8-13(3)7-14(4)15(16)5/h8-13H,7H2,1-6H3;7-8,10-13H,9H2,1-6H3;7-12H,1-6H3/q3*+1. The van der Waals surface area contributed by atoms with Crippen molar-refractivity contribution in [3.8, 4) is 34.2 Å². The number of benzene rings is 3. The molecule has 9 nitrogen and oxygen atoms in total. The molecule has 0 fully saturated rings. The molecule has 6 heterocycles. The van der Waals surface area contributed by atoms with Crippen LogP contribution in [0.15, 0.2) is 92.0 Å². The number of aromatic nitrogens is 9. The number of hydrogen-bond donors (Lipinski definition) is 0. The summed E-state index contributed by atoms with van der Waals surface area (Å²) in [5.41, 5.74) is 21.7. The van der Waals surface area contributed by atoms with E-state index in [-0.39, 0.29) is 0 Å². The van der Waals surface area contributed by atoms with Crippen molar-refractivity contribution in [3.05, 3.63) is 159 Å². The smallest absolute Gasteiger partial charge is 0.260 e. The lowest BCUT2D eigenvalue weighted by molar-refractivity contribution is -0.661. The molecule has 0 spiro atoms. The van der Waals surface area contributed by atoms with Gasteiger partial charge in [-0.25, -0.2) is 18.7 Å². The molecular formula is C62H76N9+3. The predicted octanol–water partition coefficient (Wildman–Crippen LogP) is 12.7. The Morgan fingerprint density at radius 2 is 0.859 bits per heavy atom. The van der Waals surface area contributed by atoms with Gasteiger partial charge in [0.05, 0.1) is 66.4 Å². The fourth-order valence-electron chi connectivity index (χ4n) is 9.75. The van der Waals surface area contributed by atoms with Gasteiger partial charge in [-0.05, 0) is 199 Å². The Hall–Kier alpha value is -6.87. The van der Waals surface area contributed by atoms with Crippen LogP contribution in [0.1, 0.15) is 114 Å². The Kier molecular flexibility index (Phi) is 15.8. The Morgan fingerprint density at radius 1 is 0.451 bits per heavy atom. The van der Waals surface area contributed by atoms with Gasteiger partial charge in [0.2, 0.25) is 11.0 Å². The maximum absolute atomic E-state index is 4.96. The molecule has 0 unspecified atom stereocenters. The first kappa shape index (κ1) is 52.0. The second-order valence-corrected chi connectivity index (χ2v) is 21.2. The second kappa shape index (κ2) is 21.6. The summed E-state index contributed by atoms with van der Waals surface area (Å²) in [6.07, 6.45) is 18.2. The molecule has 0 bridgehead atoms. The van der Waals surface area contributed by atoms with Crippen molar-refractivity contribution >= 4 is 32.8 Å². The van der Waals surface area contributed by atoms with E-state index in [4.69, 9.17) is 15.0 Å². The average molecular weight is 947 g/mol. The van der Waals surface area contributed by atoms with Crippen LogP contribution in [-0.2, 0) is 34.0 Å². The summed E-state index contributed by atoms with van der Waals surface area (Å²) in [5, 5.41) is 3.54. The third-order valence-electron chi connectivity index (χ3n) is 13.8. The third-order valence-corrected chi connectivity index (χ3v) is 13.8. The number of rotatable bonds is 8. The molecule has 0 N–H and O–H groups in total. The minimum atomic E-state index is 0.432. The zero-order valence-corrected chi connectivity index (χ0v) is 45.8. The van der Waals surface area contributed by atoms with Crippen molar-refractivity contribution in [2.45, 2.75) is 123 Å². The fraction of sp³-hybridized carbons (Fsp3) is 0.371. The van der Waals surface area contributed by atoms with Gasteiger partial charge >= 0.3 is 17.5 Å². The van der Waals surface area contributed by atoms with E-state index in [0.29, 0.717) is 17.8 Å². The van der Waals surface area contributed by atoms with Gasteiger partial charge in [0.25, 0.3) is 5.65 Å². The Bertz CT molecular complexity index is 3290. The minimum absolute atomic E-state index is 0.432. The Labute approximate surface area is 423 Å². The summed E-state index contributed by atoms with van der Waals surface area (Å²) >= 11 is 0. The monoisotopic (exact) mass is 947 g/mol. The lowest BCUT2D eigenvalue weighted by Crippen LogP contribution is -2.32. The van der Waals surface area contributed by atoms with Gasteiger partial charge in [-0.15, -0.1) is 0 Å². The van der Waals surface area contributed by atoms with Crippen LogP contribution in [-0.4, -0.2) is 29.9 Å². The first-order valence-electron chi connectivity index (χ1n) is 25.3. The maximum atomic E-state index is 4.96. The summed E-state index contributed by atoms with van der Waals surface area (Å²) in [6, 6.07) is 15.4. The number of aryl methyl sites for hydroxylation is 9. The predicted molar refractivity (Wildman–Crippen MR) is 292 cm³/mol. The average Bonchev–Trinajstić information content (AvgIpc) is 3.30. The molecule has 9 aromatic rings. The maximum Gasteiger partial charge on any atom is 0.333 e. The largest absolute Gasteiger partial charge is 0.333 e. The summed E-state index contributed by atoms with van der Waals surface area (Å²) in [6.45, 7) is 32.7. The summed E-state index contributed by atoms with van der Waals surface area (Å²) in [4.78, 5) is 28.1. The molecule has 0 saturated carbocycles. The van der Waals surface area contributed by atoms with Crippen molar-refractivity contribution in [2.24, 2.45) is 33.0 Å². The van der Waals surface area contributed by atoms with E-state index in [9.17, 15) is 0 Å². The number of nitrogens with zero attached hydrogens (tertiary/aromatic N) is 9. The van der Waals surface area contributed by atoms with E-state index in [0.717, 1.165) is 52.4 Å². The molecule has 0 amide bonds. The molecule has 3 aromatic carbocycles.